The van der Waals surface area contributed by atoms with Crippen molar-refractivity contribution in [3.8, 4) is 0 Å². The second kappa shape index (κ2) is 5.43. The van der Waals surface area contributed by atoms with Gasteiger partial charge in [0.15, 0.2) is 0 Å². The number of hydrogen-bond donors (Lipinski definition) is 1. The Morgan fingerprint density at radius 3 is 2.11 bits per heavy atom. The third-order valence-corrected chi connectivity index (χ3v) is 3.67. The fraction of sp³-hybridized carbons (Fsp3) is 0.467. The van der Waals surface area contributed by atoms with Crippen LogP contribution in [-0.2, 0) is 19.7 Å². The largest absolute Gasteiger partial charge is 0.478 e. The molecule has 0 saturated carbocycles. The highest BCUT2D eigenvalue weighted by atomic mass is 16.6. The van der Waals surface area contributed by atoms with Gasteiger partial charge in [-0.15, -0.1) is 0 Å². The van der Waals surface area contributed by atoms with Gasteiger partial charge in [-0.3, -0.25) is 4.79 Å². The summed E-state index contributed by atoms with van der Waals surface area (Å²) in [5.74, 6) is -1.72. The molecule has 4 nitrogen and oxygen atoms in total. The molecular weight excluding hydrogens is 244 g/mol. The number of carbonyl (C=O) groups is 2. The van der Waals surface area contributed by atoms with E-state index in [-0.39, 0.29) is 6.42 Å². The SMILES string of the molecule is CCC(OC(C)=O)(C(=O)O)C(C)(C)c1ccccc1. The smallest absolute Gasteiger partial charge is 0.349 e. The molecule has 0 aliphatic rings. The Balaban J connectivity index is 3.38. The Morgan fingerprint density at radius 2 is 1.74 bits per heavy atom. The number of carboxylic acid groups (broad SMARTS) is 1. The van der Waals surface area contributed by atoms with Crippen molar-refractivity contribution < 1.29 is 19.4 Å². The van der Waals surface area contributed by atoms with Crippen molar-refractivity contribution in [2.24, 2.45) is 0 Å². The Bertz CT molecular complexity index is 464. The van der Waals surface area contributed by atoms with Crippen molar-refractivity contribution >= 4 is 11.9 Å². The van der Waals surface area contributed by atoms with Crippen LogP contribution in [0.3, 0.4) is 0 Å². The van der Waals surface area contributed by atoms with Gasteiger partial charge in [-0.25, -0.2) is 4.79 Å². The van der Waals surface area contributed by atoms with E-state index in [1.54, 1.807) is 20.8 Å². The molecule has 0 amide bonds. The van der Waals surface area contributed by atoms with Crippen LogP contribution in [-0.4, -0.2) is 22.6 Å². The van der Waals surface area contributed by atoms with Crippen molar-refractivity contribution in [2.75, 3.05) is 0 Å². The molecule has 0 bridgehead atoms. The van der Waals surface area contributed by atoms with Gasteiger partial charge in [-0.05, 0) is 12.0 Å². The molecule has 1 rings (SSSR count). The number of aliphatic carboxylic acids is 1. The molecule has 0 aliphatic carbocycles. The fourth-order valence-electron chi connectivity index (χ4n) is 2.44. The number of carbonyl (C=O) groups excluding carboxylic acids is 1. The fourth-order valence-corrected chi connectivity index (χ4v) is 2.44. The number of esters is 1. The van der Waals surface area contributed by atoms with E-state index in [0.717, 1.165) is 5.56 Å². The maximum Gasteiger partial charge on any atom is 0.349 e. The van der Waals surface area contributed by atoms with E-state index in [0.29, 0.717) is 0 Å². The lowest BCUT2D eigenvalue weighted by molar-refractivity contribution is -0.186. The summed E-state index contributed by atoms with van der Waals surface area (Å²) in [6.45, 7) is 6.50. The molecule has 0 spiro atoms. The lowest BCUT2D eigenvalue weighted by Gasteiger charge is -2.42. The van der Waals surface area contributed by atoms with E-state index in [1.165, 1.54) is 6.92 Å². The van der Waals surface area contributed by atoms with Crippen molar-refractivity contribution in [1.29, 1.82) is 0 Å². The van der Waals surface area contributed by atoms with Crippen LogP contribution in [0.5, 0.6) is 0 Å². The van der Waals surface area contributed by atoms with Gasteiger partial charge in [-0.2, -0.15) is 0 Å². The lowest BCUT2D eigenvalue weighted by Crippen LogP contribution is -2.56. The minimum Gasteiger partial charge on any atom is -0.478 e. The van der Waals surface area contributed by atoms with E-state index in [4.69, 9.17) is 4.74 Å². The quantitative estimate of drug-likeness (QED) is 0.830. The van der Waals surface area contributed by atoms with Crippen LogP contribution >= 0.6 is 0 Å². The van der Waals surface area contributed by atoms with Crippen LogP contribution in [0.25, 0.3) is 0 Å². The van der Waals surface area contributed by atoms with Crippen LogP contribution in [0.15, 0.2) is 30.3 Å². The first kappa shape index (κ1) is 15.2. The van der Waals surface area contributed by atoms with Gasteiger partial charge in [0.2, 0.25) is 5.60 Å². The molecule has 104 valence electrons. The molecule has 0 aromatic heterocycles. The normalized spacial score (nSPS) is 14.5. The van der Waals surface area contributed by atoms with Crippen molar-refractivity contribution in [3.63, 3.8) is 0 Å². The molecule has 1 N–H and O–H groups in total. The number of ether oxygens (including phenoxy) is 1. The Hall–Kier alpha value is -1.84. The zero-order chi connectivity index (χ0) is 14.7. The zero-order valence-corrected chi connectivity index (χ0v) is 11.8. The van der Waals surface area contributed by atoms with Crippen LogP contribution in [0.2, 0.25) is 0 Å². The first-order chi connectivity index (χ1) is 8.78. The van der Waals surface area contributed by atoms with Crippen LogP contribution < -0.4 is 0 Å². The molecule has 1 aromatic carbocycles. The summed E-state index contributed by atoms with van der Waals surface area (Å²) in [7, 11) is 0. The molecule has 0 heterocycles. The Kier molecular flexibility index (Phi) is 4.35. The molecule has 19 heavy (non-hydrogen) atoms. The highest BCUT2D eigenvalue weighted by Crippen LogP contribution is 2.40. The van der Waals surface area contributed by atoms with E-state index < -0.39 is 23.0 Å². The number of carboxylic acids is 1. The molecule has 1 atom stereocenters. The topological polar surface area (TPSA) is 63.6 Å². The molecular formula is C15H20O4. The van der Waals surface area contributed by atoms with E-state index in [9.17, 15) is 14.7 Å². The minimum absolute atomic E-state index is 0.198. The van der Waals surface area contributed by atoms with Crippen LogP contribution in [0.4, 0.5) is 0 Å². The molecule has 4 heteroatoms. The summed E-state index contributed by atoms with van der Waals surface area (Å²) in [5.41, 5.74) is -1.58. The molecule has 0 radical (unpaired) electrons. The third-order valence-electron chi connectivity index (χ3n) is 3.67. The molecule has 0 aliphatic heterocycles. The summed E-state index contributed by atoms with van der Waals surface area (Å²) in [4.78, 5) is 23.0. The minimum atomic E-state index is -1.57. The van der Waals surface area contributed by atoms with Crippen molar-refractivity contribution in [3.05, 3.63) is 35.9 Å². The van der Waals surface area contributed by atoms with Crippen LogP contribution in [0, 0.1) is 0 Å². The van der Waals surface area contributed by atoms with Crippen molar-refractivity contribution in [2.45, 2.75) is 45.1 Å². The van der Waals surface area contributed by atoms with E-state index in [1.807, 2.05) is 30.3 Å². The highest BCUT2D eigenvalue weighted by Gasteiger charge is 2.54. The summed E-state index contributed by atoms with van der Waals surface area (Å²) >= 11 is 0. The van der Waals surface area contributed by atoms with Gasteiger partial charge in [0.25, 0.3) is 0 Å². The summed E-state index contributed by atoms with van der Waals surface area (Å²) in [6, 6.07) is 9.23. The first-order valence-corrected chi connectivity index (χ1v) is 6.26. The molecule has 1 unspecified atom stereocenters. The Morgan fingerprint density at radius 1 is 1.21 bits per heavy atom. The monoisotopic (exact) mass is 264 g/mol. The van der Waals surface area contributed by atoms with Gasteiger partial charge in [0.05, 0.1) is 0 Å². The standard InChI is InChI=1S/C15H20O4/c1-5-15(13(17)18,19-11(2)16)14(3,4)12-9-7-6-8-10-12/h6-10H,5H2,1-4H3,(H,17,18). The van der Waals surface area contributed by atoms with Crippen LogP contribution in [0.1, 0.15) is 39.7 Å². The number of benzene rings is 1. The third kappa shape index (κ3) is 2.62. The number of rotatable bonds is 5. The summed E-state index contributed by atoms with van der Waals surface area (Å²) in [6.07, 6.45) is 0.198. The highest BCUT2D eigenvalue weighted by molar-refractivity contribution is 5.83. The maximum absolute atomic E-state index is 11.7. The second-order valence-electron chi connectivity index (χ2n) is 5.07. The molecule has 0 saturated heterocycles. The predicted octanol–water partition coefficient (Wildman–Crippen LogP) is 2.76. The summed E-state index contributed by atoms with van der Waals surface area (Å²) < 4.78 is 5.23. The Labute approximate surface area is 113 Å². The average molecular weight is 264 g/mol. The van der Waals surface area contributed by atoms with Gasteiger partial charge in [0.1, 0.15) is 0 Å². The van der Waals surface area contributed by atoms with E-state index in [2.05, 4.69) is 0 Å². The number of hydrogen-bond acceptors (Lipinski definition) is 3. The van der Waals surface area contributed by atoms with Crippen molar-refractivity contribution in [1.82, 2.24) is 0 Å². The zero-order valence-electron chi connectivity index (χ0n) is 11.8. The predicted molar refractivity (Wildman–Crippen MR) is 71.9 cm³/mol. The molecule has 0 fully saturated rings. The first-order valence-electron chi connectivity index (χ1n) is 6.26. The van der Waals surface area contributed by atoms with Gasteiger partial charge < -0.3 is 9.84 Å². The van der Waals surface area contributed by atoms with Gasteiger partial charge >= 0.3 is 11.9 Å². The van der Waals surface area contributed by atoms with E-state index >= 15 is 0 Å². The lowest BCUT2D eigenvalue weighted by atomic mass is 9.68. The second-order valence-corrected chi connectivity index (χ2v) is 5.07. The molecule has 1 aromatic rings. The van der Waals surface area contributed by atoms with Gasteiger partial charge in [0, 0.05) is 12.3 Å². The maximum atomic E-state index is 11.7. The van der Waals surface area contributed by atoms with Gasteiger partial charge in [-0.1, -0.05) is 51.1 Å². The summed E-state index contributed by atoms with van der Waals surface area (Å²) in [5, 5.41) is 9.59. The average Bonchev–Trinajstić information content (AvgIpc) is 2.36.